The summed E-state index contributed by atoms with van der Waals surface area (Å²) in [6.07, 6.45) is 1.83. The number of aromatic nitrogens is 1. The number of H-pyrrole nitrogens is 1. The number of rotatable bonds is 3. The average molecular weight is 414 g/mol. The van der Waals surface area contributed by atoms with Gasteiger partial charge in [0.15, 0.2) is 0 Å². The number of fused-ring (bicyclic) bond motifs is 1. The summed E-state index contributed by atoms with van der Waals surface area (Å²) < 4.78 is 0. The first-order chi connectivity index (χ1) is 15.0. The van der Waals surface area contributed by atoms with E-state index in [1.165, 1.54) is 11.1 Å². The summed E-state index contributed by atoms with van der Waals surface area (Å²) in [6, 6.07) is 16.5. The van der Waals surface area contributed by atoms with E-state index in [1.807, 2.05) is 35.2 Å². The minimum absolute atomic E-state index is 0.0822. The number of aryl methyl sites for hydroxylation is 3. The van der Waals surface area contributed by atoms with Crippen LogP contribution in [0.3, 0.4) is 0 Å². The van der Waals surface area contributed by atoms with Crippen molar-refractivity contribution in [2.75, 3.05) is 31.1 Å². The second-order valence-corrected chi connectivity index (χ2v) is 8.37. The van der Waals surface area contributed by atoms with Crippen LogP contribution in [0.25, 0.3) is 10.9 Å². The lowest BCUT2D eigenvalue weighted by molar-refractivity contribution is -0.330. The minimum atomic E-state index is 0.0822. The zero-order valence-corrected chi connectivity index (χ0v) is 18.5. The molecule has 0 unspecified atom stereocenters. The number of aromatic amines is 1. The van der Waals surface area contributed by atoms with Crippen LogP contribution in [-0.2, 0) is 6.42 Å². The maximum absolute atomic E-state index is 13.0. The molecule has 2 aromatic carbocycles. The van der Waals surface area contributed by atoms with Crippen LogP contribution in [0.5, 0.6) is 0 Å². The summed E-state index contributed by atoms with van der Waals surface area (Å²) in [6.45, 7) is 9.13. The van der Waals surface area contributed by atoms with Gasteiger partial charge in [0.2, 0.25) is 0 Å². The fourth-order valence-electron chi connectivity index (χ4n) is 4.43. The zero-order chi connectivity index (χ0) is 22.0. The fraction of sp³-hybridized carbons (Fsp3) is 0.346. The quantitative estimate of drug-likeness (QED) is 0.651. The van der Waals surface area contributed by atoms with E-state index in [9.17, 15) is 10.1 Å². The third-order valence-electron chi connectivity index (χ3n) is 6.16. The van der Waals surface area contributed by atoms with Crippen molar-refractivity contribution in [2.45, 2.75) is 33.6 Å². The second kappa shape index (κ2) is 8.77. The van der Waals surface area contributed by atoms with Gasteiger partial charge in [-0.2, -0.15) is 5.26 Å². The molecule has 1 N–H and O–H groups in total. The fourth-order valence-corrected chi connectivity index (χ4v) is 4.43. The van der Waals surface area contributed by atoms with Gasteiger partial charge < -0.3 is 4.90 Å². The smallest absolute Gasteiger partial charge is 0.293 e. The highest BCUT2D eigenvalue weighted by molar-refractivity contribution is 5.94. The molecule has 1 aliphatic heterocycles. The lowest BCUT2D eigenvalue weighted by Gasteiger charge is -2.20. The van der Waals surface area contributed by atoms with Gasteiger partial charge in [-0.05, 0) is 61.2 Å². The van der Waals surface area contributed by atoms with Gasteiger partial charge in [0, 0.05) is 23.9 Å². The van der Waals surface area contributed by atoms with E-state index in [2.05, 4.69) is 48.9 Å². The van der Waals surface area contributed by atoms with Gasteiger partial charge in [0.05, 0.1) is 13.1 Å². The van der Waals surface area contributed by atoms with Crippen molar-refractivity contribution in [3.63, 3.8) is 0 Å². The van der Waals surface area contributed by atoms with E-state index in [-0.39, 0.29) is 5.91 Å². The van der Waals surface area contributed by atoms with Crippen molar-refractivity contribution in [2.24, 2.45) is 0 Å². The molecule has 0 aliphatic carbocycles. The van der Waals surface area contributed by atoms with E-state index in [0.717, 1.165) is 53.8 Å². The van der Waals surface area contributed by atoms with Crippen LogP contribution in [0.15, 0.2) is 42.5 Å². The molecule has 0 saturated carbocycles. The summed E-state index contributed by atoms with van der Waals surface area (Å²) in [5.41, 5.74) is 6.02. The molecule has 0 radical (unpaired) electrons. The van der Waals surface area contributed by atoms with Crippen molar-refractivity contribution < 1.29 is 9.78 Å². The van der Waals surface area contributed by atoms with Crippen molar-refractivity contribution >= 4 is 22.6 Å². The van der Waals surface area contributed by atoms with Gasteiger partial charge in [-0.15, -0.1) is 0 Å². The molecule has 1 aromatic heterocycles. The third kappa shape index (κ3) is 4.25. The average Bonchev–Trinajstić information content (AvgIpc) is 3.04. The number of carbonyl (C=O) groups excluding carboxylic acids is 1. The van der Waals surface area contributed by atoms with Crippen LogP contribution in [0.1, 0.15) is 46.0 Å². The number of benzene rings is 2. The number of nitrogens with zero attached hydrogens (tertiary/aromatic N) is 3. The molecule has 5 nitrogen and oxygen atoms in total. The van der Waals surface area contributed by atoms with Crippen molar-refractivity contribution in [3.05, 3.63) is 70.3 Å². The van der Waals surface area contributed by atoms with Crippen LogP contribution >= 0.6 is 0 Å². The molecular formula is C26H29N4O+. The largest absolute Gasteiger partial charge is 0.335 e. The molecule has 5 heteroatoms. The number of carbonyl (C=O) groups is 1. The van der Waals surface area contributed by atoms with Crippen molar-refractivity contribution in [1.82, 2.24) is 4.90 Å². The number of pyridine rings is 1. The molecule has 1 aliphatic rings. The monoisotopic (exact) mass is 413 g/mol. The Morgan fingerprint density at radius 1 is 1.06 bits per heavy atom. The van der Waals surface area contributed by atoms with E-state index >= 15 is 0 Å². The van der Waals surface area contributed by atoms with Crippen LogP contribution in [0.2, 0.25) is 0 Å². The lowest BCUT2D eigenvalue weighted by atomic mass is 10.0. The number of hydrogen-bond acceptors (Lipinski definition) is 3. The van der Waals surface area contributed by atoms with E-state index in [0.29, 0.717) is 18.7 Å². The SMILES string of the molecule is CCc1ccc(C(=O)N2CCCN(c3[nH+]c4cc(C)cc(C)c4cc3C#N)CC2)cc1. The van der Waals surface area contributed by atoms with Gasteiger partial charge >= 0.3 is 0 Å². The van der Waals surface area contributed by atoms with Gasteiger partial charge in [0.1, 0.15) is 23.7 Å². The summed E-state index contributed by atoms with van der Waals surface area (Å²) >= 11 is 0. The van der Waals surface area contributed by atoms with Gasteiger partial charge in [-0.3, -0.25) is 9.69 Å². The highest BCUT2D eigenvalue weighted by atomic mass is 16.2. The molecule has 3 aromatic rings. The van der Waals surface area contributed by atoms with Gasteiger partial charge in [0.25, 0.3) is 11.7 Å². The molecule has 1 fully saturated rings. The Kier molecular flexibility index (Phi) is 5.90. The summed E-state index contributed by atoms with van der Waals surface area (Å²) in [7, 11) is 0. The molecule has 1 amide bonds. The first kappa shape index (κ1) is 20.9. The maximum Gasteiger partial charge on any atom is 0.293 e. The molecule has 0 spiro atoms. The van der Waals surface area contributed by atoms with E-state index in [4.69, 9.17) is 0 Å². The molecular weight excluding hydrogens is 384 g/mol. The minimum Gasteiger partial charge on any atom is -0.335 e. The van der Waals surface area contributed by atoms with Crippen LogP contribution < -0.4 is 9.88 Å². The Labute approximate surface area is 183 Å². The summed E-state index contributed by atoms with van der Waals surface area (Å²) in [5.74, 6) is 0.931. The van der Waals surface area contributed by atoms with Crippen LogP contribution in [-0.4, -0.2) is 37.0 Å². The van der Waals surface area contributed by atoms with E-state index < -0.39 is 0 Å². The molecule has 4 rings (SSSR count). The third-order valence-corrected chi connectivity index (χ3v) is 6.16. The molecule has 158 valence electrons. The Hall–Kier alpha value is -3.39. The first-order valence-corrected chi connectivity index (χ1v) is 11.0. The molecule has 31 heavy (non-hydrogen) atoms. The summed E-state index contributed by atoms with van der Waals surface area (Å²) in [5, 5.41) is 10.9. The standard InChI is InChI=1S/C26H28N4O/c1-4-20-6-8-21(9-7-20)26(31)30-11-5-10-29(12-13-30)25-22(17-27)16-23-19(3)14-18(2)15-24(23)28-25/h6-9,14-16H,4-5,10-13H2,1-3H3/p+1. The topological polar surface area (TPSA) is 61.5 Å². The second-order valence-electron chi connectivity index (χ2n) is 8.37. The number of anilines is 1. The van der Waals surface area contributed by atoms with Gasteiger partial charge in [-0.25, -0.2) is 4.98 Å². The van der Waals surface area contributed by atoms with Crippen molar-refractivity contribution in [1.29, 1.82) is 5.26 Å². The van der Waals surface area contributed by atoms with Gasteiger partial charge in [-0.1, -0.05) is 25.1 Å². The molecule has 2 heterocycles. The highest BCUT2D eigenvalue weighted by Gasteiger charge is 2.27. The normalized spacial score (nSPS) is 14.4. The number of amides is 1. The maximum atomic E-state index is 13.0. The molecule has 1 saturated heterocycles. The number of nitriles is 1. The summed E-state index contributed by atoms with van der Waals surface area (Å²) in [4.78, 5) is 20.7. The molecule has 0 atom stereocenters. The zero-order valence-electron chi connectivity index (χ0n) is 18.5. The Balaban J connectivity index is 1.57. The predicted octanol–water partition coefficient (Wildman–Crippen LogP) is 4.06. The number of hydrogen-bond donors (Lipinski definition) is 0. The highest BCUT2D eigenvalue weighted by Crippen LogP contribution is 2.24. The number of nitrogens with one attached hydrogen (secondary N) is 1. The van der Waals surface area contributed by atoms with Crippen molar-refractivity contribution in [3.8, 4) is 6.07 Å². The van der Waals surface area contributed by atoms with Crippen LogP contribution in [0, 0.1) is 25.2 Å². The van der Waals surface area contributed by atoms with E-state index in [1.54, 1.807) is 0 Å². The van der Waals surface area contributed by atoms with Crippen LogP contribution in [0.4, 0.5) is 5.82 Å². The first-order valence-electron chi connectivity index (χ1n) is 11.0. The lowest BCUT2D eigenvalue weighted by Crippen LogP contribution is -2.37. The Morgan fingerprint density at radius 2 is 1.84 bits per heavy atom. The Morgan fingerprint density at radius 3 is 2.55 bits per heavy atom. The Bertz CT molecular complexity index is 1160. The molecule has 0 bridgehead atoms. The predicted molar refractivity (Wildman–Crippen MR) is 123 cm³/mol.